The summed E-state index contributed by atoms with van der Waals surface area (Å²) in [5.41, 5.74) is 4.16. The number of aryl methyl sites for hydroxylation is 1. The number of rotatable bonds is 7. The number of nitrogens with zero attached hydrogens (tertiary/aromatic N) is 5. The Morgan fingerprint density at radius 2 is 1.64 bits per heavy atom. The van der Waals surface area contributed by atoms with E-state index in [1.54, 1.807) is 25.1 Å². The Morgan fingerprint density at radius 1 is 0.911 bits per heavy atom. The molecule has 1 aliphatic heterocycles. The number of piperazine rings is 1. The number of benzene rings is 3. The molecule has 0 unspecified atom stereocenters. The highest BCUT2D eigenvalue weighted by Gasteiger charge is 2.26. The van der Waals surface area contributed by atoms with Gasteiger partial charge < -0.3 is 19.6 Å². The van der Waals surface area contributed by atoms with Crippen molar-refractivity contribution in [2.45, 2.75) is 16.7 Å². The van der Waals surface area contributed by atoms with Crippen molar-refractivity contribution in [1.82, 2.24) is 19.9 Å². The summed E-state index contributed by atoms with van der Waals surface area (Å²) < 4.78 is 58.7. The molecule has 2 amide bonds. The lowest BCUT2D eigenvalue weighted by molar-refractivity contribution is 0.101. The molecule has 0 spiro atoms. The second-order valence-electron chi connectivity index (χ2n) is 10.6. The van der Waals surface area contributed by atoms with Crippen LogP contribution in [0.2, 0.25) is 0 Å². The van der Waals surface area contributed by atoms with Crippen molar-refractivity contribution < 1.29 is 31.3 Å². The monoisotopic (exact) mass is 635 g/mol. The van der Waals surface area contributed by atoms with E-state index in [1.807, 2.05) is 7.05 Å². The van der Waals surface area contributed by atoms with Gasteiger partial charge in [0.25, 0.3) is 11.8 Å². The first-order valence-electron chi connectivity index (χ1n) is 13.8. The first-order valence-corrected chi connectivity index (χ1v) is 15.3. The van der Waals surface area contributed by atoms with E-state index in [1.165, 1.54) is 35.3 Å². The Morgan fingerprint density at radius 3 is 2.33 bits per heavy atom. The van der Waals surface area contributed by atoms with Crippen molar-refractivity contribution in [2.75, 3.05) is 48.9 Å². The molecule has 2 aromatic heterocycles. The van der Waals surface area contributed by atoms with Crippen molar-refractivity contribution in [3.8, 4) is 0 Å². The van der Waals surface area contributed by atoms with Gasteiger partial charge in [0.15, 0.2) is 5.69 Å². The number of carbonyl (C=O) groups excluding carboxylic acids is 2. The van der Waals surface area contributed by atoms with Gasteiger partial charge in [-0.3, -0.25) is 9.59 Å². The summed E-state index contributed by atoms with van der Waals surface area (Å²) >= 11 is 0. The number of hydrogen-bond donors (Lipinski definition) is 2. The van der Waals surface area contributed by atoms with Crippen LogP contribution in [0.1, 0.15) is 26.6 Å². The van der Waals surface area contributed by atoms with Crippen molar-refractivity contribution in [3.63, 3.8) is 0 Å². The molecule has 12 nitrogen and oxygen atoms in total. The van der Waals surface area contributed by atoms with Gasteiger partial charge in [0.05, 0.1) is 38.4 Å². The highest BCUT2D eigenvalue weighted by Crippen LogP contribution is 2.30. The predicted octanol–water partition coefficient (Wildman–Crippen LogP) is 3.83. The largest absolute Gasteiger partial charge is 0.368 e. The highest BCUT2D eigenvalue weighted by atomic mass is 32.2. The lowest BCUT2D eigenvalue weighted by Crippen LogP contribution is -2.45. The van der Waals surface area contributed by atoms with Gasteiger partial charge in [-0.25, -0.2) is 22.6 Å². The normalized spacial score (nSPS) is 14.1. The number of anilines is 2. The average molecular weight is 636 g/mol. The minimum atomic E-state index is -4.26. The minimum Gasteiger partial charge on any atom is -0.368 e. The summed E-state index contributed by atoms with van der Waals surface area (Å²) in [7, 11) is -2.25. The van der Waals surface area contributed by atoms with E-state index >= 15 is 0 Å². The zero-order valence-electron chi connectivity index (χ0n) is 24.1. The van der Waals surface area contributed by atoms with E-state index in [4.69, 9.17) is 4.52 Å². The first kappa shape index (κ1) is 29.9. The maximum absolute atomic E-state index is 13.9. The van der Waals surface area contributed by atoms with E-state index < -0.39 is 38.2 Å². The third kappa shape index (κ3) is 5.99. The first-order chi connectivity index (χ1) is 21.5. The van der Waals surface area contributed by atoms with Crippen LogP contribution in [-0.2, 0) is 9.84 Å². The van der Waals surface area contributed by atoms with Gasteiger partial charge in [0, 0.05) is 43.7 Å². The number of sulfone groups is 1. The molecule has 15 heteroatoms. The van der Waals surface area contributed by atoms with Crippen LogP contribution in [0.15, 0.2) is 81.2 Å². The van der Waals surface area contributed by atoms with Gasteiger partial charge in [-0.1, -0.05) is 11.2 Å². The standard InChI is InChI=1S/C30H27F2N7O5S/c1-18-12-25(36-44-18)29(40)34-24-4-3-5-27(38-10-8-37(2)9-11-38)28(24)30(41)35-39-26-7-6-22(13-19(26)17-33-39)45(42,43)23-15-20(31)14-21(32)16-23/h3-7,12-17H,8-11H2,1-2H3,(H,34,40)(H,35,41). The van der Waals surface area contributed by atoms with Gasteiger partial charge in [-0.2, -0.15) is 9.89 Å². The molecule has 1 fully saturated rings. The third-order valence-electron chi connectivity index (χ3n) is 7.43. The van der Waals surface area contributed by atoms with Crippen LogP contribution in [0, 0.1) is 18.6 Å². The molecule has 0 saturated carbocycles. The number of hydrogen-bond acceptors (Lipinski definition) is 9. The number of fused-ring (bicyclic) bond motifs is 1. The number of amides is 2. The summed E-state index contributed by atoms with van der Waals surface area (Å²) in [6.07, 6.45) is 1.35. The maximum atomic E-state index is 13.9. The number of likely N-dealkylation sites (N-methyl/N-ethyl adjacent to an activating group) is 1. The highest BCUT2D eigenvalue weighted by molar-refractivity contribution is 7.91. The molecule has 0 radical (unpaired) electrons. The molecular weight excluding hydrogens is 608 g/mol. The molecule has 6 rings (SSSR count). The Hall–Kier alpha value is -5.15. The smallest absolute Gasteiger partial charge is 0.277 e. The molecule has 2 N–H and O–H groups in total. The fourth-order valence-corrected chi connectivity index (χ4v) is 6.43. The van der Waals surface area contributed by atoms with Crippen LogP contribution in [-0.4, -0.2) is 73.4 Å². The Kier molecular flexibility index (Phi) is 7.80. The van der Waals surface area contributed by atoms with Crippen LogP contribution in [0.25, 0.3) is 10.9 Å². The van der Waals surface area contributed by atoms with Crippen molar-refractivity contribution in [1.29, 1.82) is 0 Å². The fourth-order valence-electron chi connectivity index (χ4n) is 5.09. The topological polar surface area (TPSA) is 143 Å². The number of carbonyl (C=O) groups is 2. The molecule has 0 aliphatic carbocycles. The predicted molar refractivity (Wildman–Crippen MR) is 161 cm³/mol. The van der Waals surface area contributed by atoms with Crippen molar-refractivity contribution >= 4 is 43.9 Å². The number of nitrogens with one attached hydrogen (secondary N) is 2. The molecule has 232 valence electrons. The second kappa shape index (κ2) is 11.7. The molecule has 5 aromatic rings. The molecule has 3 aromatic carbocycles. The van der Waals surface area contributed by atoms with Crippen molar-refractivity contribution in [3.05, 3.63) is 95.5 Å². The summed E-state index contributed by atoms with van der Waals surface area (Å²) in [6, 6.07) is 12.7. The average Bonchev–Trinajstić information content (AvgIpc) is 3.62. The van der Waals surface area contributed by atoms with Gasteiger partial charge in [0.2, 0.25) is 9.84 Å². The third-order valence-corrected chi connectivity index (χ3v) is 9.16. The Bertz CT molecular complexity index is 2030. The lowest BCUT2D eigenvalue weighted by atomic mass is 10.1. The lowest BCUT2D eigenvalue weighted by Gasteiger charge is -2.35. The summed E-state index contributed by atoms with van der Waals surface area (Å²) in [5.74, 6) is -2.74. The number of halogens is 2. The summed E-state index contributed by atoms with van der Waals surface area (Å²) in [5, 5.41) is 11.1. The van der Waals surface area contributed by atoms with Crippen molar-refractivity contribution in [2.24, 2.45) is 0 Å². The zero-order valence-corrected chi connectivity index (χ0v) is 24.9. The van der Waals surface area contributed by atoms with Crippen LogP contribution < -0.4 is 15.6 Å². The molecule has 0 bridgehead atoms. The molecule has 1 aliphatic rings. The quantitative estimate of drug-likeness (QED) is 0.273. The molecule has 3 heterocycles. The minimum absolute atomic E-state index is 0.0497. The SMILES string of the molecule is Cc1cc(C(=O)Nc2cccc(N3CCN(C)CC3)c2C(=O)Nn2ncc3cc(S(=O)(=O)c4cc(F)cc(F)c4)ccc32)no1. The summed E-state index contributed by atoms with van der Waals surface area (Å²) in [6.45, 7) is 4.49. The molecule has 1 saturated heterocycles. The molecule has 45 heavy (non-hydrogen) atoms. The van der Waals surface area contributed by atoms with Crippen LogP contribution in [0.5, 0.6) is 0 Å². The van der Waals surface area contributed by atoms with Crippen LogP contribution >= 0.6 is 0 Å². The second-order valence-corrected chi connectivity index (χ2v) is 12.5. The Labute approximate surface area is 256 Å². The van der Waals surface area contributed by atoms with Crippen LogP contribution in [0.3, 0.4) is 0 Å². The Balaban J connectivity index is 1.33. The molecular formula is C30H27F2N7O5S. The number of aromatic nitrogens is 3. The zero-order chi connectivity index (χ0) is 31.9. The molecule has 0 atom stereocenters. The van der Waals surface area contributed by atoms with Gasteiger partial charge >= 0.3 is 0 Å². The van der Waals surface area contributed by atoms with E-state index in [2.05, 4.69) is 30.8 Å². The maximum Gasteiger partial charge on any atom is 0.277 e. The van der Waals surface area contributed by atoms with Crippen LogP contribution in [0.4, 0.5) is 20.2 Å². The fraction of sp³-hybridized carbons (Fsp3) is 0.200. The van der Waals surface area contributed by atoms with Gasteiger partial charge in [0.1, 0.15) is 17.4 Å². The van der Waals surface area contributed by atoms with E-state index in [0.717, 1.165) is 25.2 Å². The van der Waals surface area contributed by atoms with Gasteiger partial charge in [-0.05, 0) is 56.4 Å². The van der Waals surface area contributed by atoms with E-state index in [0.29, 0.717) is 41.5 Å². The summed E-state index contributed by atoms with van der Waals surface area (Å²) in [4.78, 5) is 31.6. The van der Waals surface area contributed by atoms with E-state index in [9.17, 15) is 26.8 Å². The van der Waals surface area contributed by atoms with E-state index in [-0.39, 0.29) is 21.8 Å². The van der Waals surface area contributed by atoms with Gasteiger partial charge in [-0.15, -0.1) is 0 Å².